The number of benzene rings is 1. The van der Waals surface area contributed by atoms with Crippen molar-refractivity contribution in [3.63, 3.8) is 0 Å². The van der Waals surface area contributed by atoms with Gasteiger partial charge in [0.15, 0.2) is 0 Å². The Morgan fingerprint density at radius 1 is 1.33 bits per heavy atom. The fraction of sp³-hybridized carbons (Fsp3) is 0.375. The Bertz CT molecular complexity index is 905. The number of rotatable bonds is 2. The summed E-state index contributed by atoms with van der Waals surface area (Å²) in [6.45, 7) is 2.86. The molecule has 0 unspecified atom stereocenters. The first-order chi connectivity index (χ1) is 11.6. The van der Waals surface area contributed by atoms with Gasteiger partial charge in [-0.15, -0.1) is 10.2 Å². The molecule has 1 fully saturated rings. The monoisotopic (exact) mass is 405 g/mol. The Kier molecular flexibility index (Phi) is 4.09. The molecular formula is C16H16BrN5OS. The highest BCUT2D eigenvalue weighted by molar-refractivity contribution is 9.10. The van der Waals surface area contributed by atoms with Gasteiger partial charge in [-0.3, -0.25) is 4.79 Å². The van der Waals surface area contributed by atoms with Crippen LogP contribution in [0.25, 0.3) is 15.5 Å². The van der Waals surface area contributed by atoms with Crippen molar-refractivity contribution < 1.29 is 4.79 Å². The maximum atomic E-state index is 12.8. The van der Waals surface area contributed by atoms with Crippen molar-refractivity contribution in [2.45, 2.75) is 32.2 Å². The van der Waals surface area contributed by atoms with Gasteiger partial charge in [0.05, 0.1) is 0 Å². The van der Waals surface area contributed by atoms with E-state index in [0.717, 1.165) is 34.4 Å². The normalized spacial score (nSPS) is 18.2. The lowest BCUT2D eigenvalue weighted by molar-refractivity contribution is 0.0620. The molecule has 4 rings (SSSR count). The highest BCUT2D eigenvalue weighted by atomic mass is 79.9. The van der Waals surface area contributed by atoms with Crippen LogP contribution in [0.2, 0.25) is 0 Å². The molecule has 1 aliphatic rings. The number of carbonyl (C=O) groups is 1. The van der Waals surface area contributed by atoms with Gasteiger partial charge in [-0.1, -0.05) is 39.4 Å². The zero-order chi connectivity index (χ0) is 16.7. The van der Waals surface area contributed by atoms with Crippen LogP contribution >= 0.6 is 27.3 Å². The fourth-order valence-corrected chi connectivity index (χ4v) is 4.25. The average molecular weight is 406 g/mol. The predicted molar refractivity (Wildman–Crippen MR) is 96.1 cm³/mol. The Labute approximate surface area is 151 Å². The number of amides is 1. The second-order valence-corrected chi connectivity index (χ2v) is 7.85. The van der Waals surface area contributed by atoms with Gasteiger partial charge < -0.3 is 4.90 Å². The summed E-state index contributed by atoms with van der Waals surface area (Å²) < 4.78 is 2.56. The zero-order valence-electron chi connectivity index (χ0n) is 13.1. The minimum atomic E-state index is -0.0826. The van der Waals surface area contributed by atoms with Crippen LogP contribution in [-0.2, 0) is 0 Å². The Morgan fingerprint density at radius 3 is 3.00 bits per heavy atom. The molecule has 6 nitrogen and oxygen atoms in total. The van der Waals surface area contributed by atoms with Gasteiger partial charge >= 0.3 is 0 Å². The van der Waals surface area contributed by atoms with Gasteiger partial charge in [-0.2, -0.15) is 9.61 Å². The van der Waals surface area contributed by atoms with Crippen LogP contribution in [0.1, 0.15) is 36.8 Å². The Balaban J connectivity index is 1.71. The standard InChI is InChI=1S/C16H16BrN5OS/c1-10-5-2-3-8-21(10)15(23)13-18-19-16-22(13)20-14(24-16)11-6-4-7-12(17)9-11/h4,6-7,9-10H,2-3,5,8H2,1H3/t10-/m1/s1. The van der Waals surface area contributed by atoms with E-state index in [1.807, 2.05) is 29.2 Å². The number of piperidine rings is 1. The van der Waals surface area contributed by atoms with Gasteiger partial charge in [-0.25, -0.2) is 0 Å². The number of halogens is 1. The molecule has 0 spiro atoms. The first kappa shape index (κ1) is 15.7. The molecule has 0 saturated carbocycles. The SMILES string of the molecule is C[C@@H]1CCCCN1C(=O)c1nnc2sc(-c3cccc(Br)c3)nn12. The molecular weight excluding hydrogens is 390 g/mol. The molecule has 1 amide bonds. The van der Waals surface area contributed by atoms with E-state index >= 15 is 0 Å². The van der Waals surface area contributed by atoms with Crippen molar-refractivity contribution in [2.24, 2.45) is 0 Å². The van der Waals surface area contributed by atoms with Crippen molar-refractivity contribution in [1.29, 1.82) is 0 Å². The molecule has 0 N–H and O–H groups in total. The van der Waals surface area contributed by atoms with Crippen LogP contribution in [0.4, 0.5) is 0 Å². The molecule has 0 bridgehead atoms. The van der Waals surface area contributed by atoms with Crippen LogP contribution in [0.15, 0.2) is 28.7 Å². The number of aromatic nitrogens is 4. The Hall–Kier alpha value is -1.80. The van der Waals surface area contributed by atoms with Crippen LogP contribution < -0.4 is 0 Å². The Morgan fingerprint density at radius 2 is 2.21 bits per heavy atom. The molecule has 1 aliphatic heterocycles. The zero-order valence-corrected chi connectivity index (χ0v) is 15.5. The number of hydrogen-bond acceptors (Lipinski definition) is 5. The largest absolute Gasteiger partial charge is 0.333 e. The molecule has 24 heavy (non-hydrogen) atoms. The van der Waals surface area contributed by atoms with E-state index in [1.54, 1.807) is 4.52 Å². The third-order valence-corrected chi connectivity index (χ3v) is 5.76. The minimum absolute atomic E-state index is 0.0826. The van der Waals surface area contributed by atoms with Crippen molar-refractivity contribution in [1.82, 2.24) is 24.7 Å². The quantitative estimate of drug-likeness (QED) is 0.652. The van der Waals surface area contributed by atoms with Crippen molar-refractivity contribution in [3.05, 3.63) is 34.6 Å². The van der Waals surface area contributed by atoms with E-state index in [0.29, 0.717) is 10.8 Å². The minimum Gasteiger partial charge on any atom is -0.333 e. The van der Waals surface area contributed by atoms with Crippen LogP contribution in [0, 0.1) is 0 Å². The molecule has 1 atom stereocenters. The number of fused-ring (bicyclic) bond motifs is 1. The van der Waals surface area contributed by atoms with Crippen molar-refractivity contribution in [3.8, 4) is 10.6 Å². The third-order valence-electron chi connectivity index (χ3n) is 4.32. The molecule has 2 aromatic heterocycles. The van der Waals surface area contributed by atoms with Crippen molar-refractivity contribution in [2.75, 3.05) is 6.54 Å². The third kappa shape index (κ3) is 2.73. The fourth-order valence-electron chi connectivity index (χ4n) is 3.02. The number of nitrogens with zero attached hydrogens (tertiary/aromatic N) is 5. The molecule has 8 heteroatoms. The second-order valence-electron chi connectivity index (χ2n) is 5.98. The van der Waals surface area contributed by atoms with E-state index in [4.69, 9.17) is 0 Å². The van der Waals surface area contributed by atoms with Gasteiger partial charge in [0.1, 0.15) is 5.01 Å². The first-order valence-corrected chi connectivity index (χ1v) is 9.53. The molecule has 3 aromatic rings. The topological polar surface area (TPSA) is 63.4 Å². The molecule has 124 valence electrons. The summed E-state index contributed by atoms with van der Waals surface area (Å²) in [6, 6.07) is 8.16. The summed E-state index contributed by atoms with van der Waals surface area (Å²) in [4.78, 5) is 15.4. The van der Waals surface area contributed by atoms with E-state index in [1.165, 1.54) is 17.8 Å². The van der Waals surface area contributed by atoms with Crippen LogP contribution in [0.3, 0.4) is 0 Å². The molecule has 1 aromatic carbocycles. The summed E-state index contributed by atoms with van der Waals surface area (Å²) in [5.41, 5.74) is 0.990. The summed E-state index contributed by atoms with van der Waals surface area (Å²) in [7, 11) is 0. The van der Waals surface area contributed by atoms with Gasteiger partial charge in [0, 0.05) is 22.6 Å². The van der Waals surface area contributed by atoms with E-state index < -0.39 is 0 Å². The maximum absolute atomic E-state index is 12.8. The van der Waals surface area contributed by atoms with E-state index in [2.05, 4.69) is 38.1 Å². The maximum Gasteiger partial charge on any atom is 0.293 e. The highest BCUT2D eigenvalue weighted by Crippen LogP contribution is 2.28. The smallest absolute Gasteiger partial charge is 0.293 e. The highest BCUT2D eigenvalue weighted by Gasteiger charge is 2.28. The van der Waals surface area contributed by atoms with Crippen LogP contribution in [-0.4, -0.2) is 43.2 Å². The van der Waals surface area contributed by atoms with E-state index in [9.17, 15) is 4.79 Å². The predicted octanol–water partition coefficient (Wildman–Crippen LogP) is 3.63. The summed E-state index contributed by atoms with van der Waals surface area (Å²) >= 11 is 4.90. The van der Waals surface area contributed by atoms with E-state index in [-0.39, 0.29) is 11.9 Å². The average Bonchev–Trinajstić information content (AvgIpc) is 3.15. The van der Waals surface area contributed by atoms with Gasteiger partial charge in [-0.05, 0) is 38.3 Å². The molecule has 0 aliphatic carbocycles. The van der Waals surface area contributed by atoms with Crippen LogP contribution in [0.5, 0.6) is 0 Å². The van der Waals surface area contributed by atoms with Gasteiger partial charge in [0.25, 0.3) is 5.91 Å². The summed E-state index contributed by atoms with van der Waals surface area (Å²) in [5, 5.41) is 13.6. The van der Waals surface area contributed by atoms with Crippen molar-refractivity contribution >= 4 is 38.1 Å². The van der Waals surface area contributed by atoms with Gasteiger partial charge in [0.2, 0.25) is 10.8 Å². The lowest BCUT2D eigenvalue weighted by Gasteiger charge is -2.32. The molecule has 0 radical (unpaired) electrons. The summed E-state index contributed by atoms with van der Waals surface area (Å²) in [5.74, 6) is 0.219. The summed E-state index contributed by atoms with van der Waals surface area (Å²) in [6.07, 6.45) is 3.25. The second kappa shape index (κ2) is 6.25. The lowest BCUT2D eigenvalue weighted by Crippen LogP contribution is -2.42. The number of likely N-dealkylation sites (tertiary alicyclic amines) is 1. The molecule has 1 saturated heterocycles. The number of hydrogen-bond donors (Lipinski definition) is 0. The number of carbonyl (C=O) groups excluding carboxylic acids is 1. The lowest BCUT2D eigenvalue weighted by atomic mass is 10.0. The molecule has 3 heterocycles. The first-order valence-electron chi connectivity index (χ1n) is 7.92.